The molecule has 0 bridgehead atoms. The number of aliphatic imine (C=N–C) groups is 1. The number of benzene rings is 2. The Kier molecular flexibility index (Phi) is 7.23. The molecule has 3 N–H and O–H groups in total. The molecule has 27 heavy (non-hydrogen) atoms. The third-order valence-corrected chi connectivity index (χ3v) is 4.46. The van der Waals surface area contributed by atoms with Crippen LogP contribution in [0.4, 0.5) is 14.5 Å². The van der Waals surface area contributed by atoms with Crippen LogP contribution in [0.3, 0.4) is 0 Å². The van der Waals surface area contributed by atoms with Gasteiger partial charge in [0.25, 0.3) is 0 Å². The predicted molar refractivity (Wildman–Crippen MR) is 112 cm³/mol. The zero-order valence-corrected chi connectivity index (χ0v) is 17.4. The van der Waals surface area contributed by atoms with E-state index in [1.807, 2.05) is 0 Å². The van der Waals surface area contributed by atoms with E-state index in [9.17, 15) is 8.78 Å². The topological polar surface area (TPSA) is 68.9 Å². The summed E-state index contributed by atoms with van der Waals surface area (Å²) in [5, 5.41) is 3.01. The molecule has 146 valence electrons. The molecule has 0 aromatic heterocycles. The van der Waals surface area contributed by atoms with Crippen molar-refractivity contribution in [3.63, 3.8) is 0 Å². The Hall–Kier alpha value is -2.10. The molecule has 0 saturated heterocycles. The summed E-state index contributed by atoms with van der Waals surface area (Å²) in [4.78, 5) is 4.43. The molecule has 0 spiro atoms. The Bertz CT molecular complexity index is 806. The van der Waals surface area contributed by atoms with Gasteiger partial charge in [0.2, 0.25) is 0 Å². The molecule has 2 aromatic rings. The molecule has 0 amide bonds. The minimum absolute atomic E-state index is 0. The largest absolute Gasteiger partial charge is 0.497 e. The fourth-order valence-electron chi connectivity index (χ4n) is 3.05. The van der Waals surface area contributed by atoms with E-state index in [-0.39, 0.29) is 41.9 Å². The Labute approximate surface area is 174 Å². The van der Waals surface area contributed by atoms with Gasteiger partial charge >= 0.3 is 0 Å². The van der Waals surface area contributed by atoms with Crippen molar-refractivity contribution in [2.75, 3.05) is 19.5 Å². The van der Waals surface area contributed by atoms with Crippen molar-refractivity contribution in [1.29, 1.82) is 0 Å². The summed E-state index contributed by atoms with van der Waals surface area (Å²) < 4.78 is 37.1. The van der Waals surface area contributed by atoms with Crippen LogP contribution in [-0.4, -0.2) is 26.2 Å². The number of hydrogen-bond donors (Lipinski definition) is 2. The Morgan fingerprint density at radius 3 is 2.33 bits per heavy atom. The first-order chi connectivity index (χ1) is 12.5. The molecule has 8 heteroatoms. The van der Waals surface area contributed by atoms with E-state index < -0.39 is 11.6 Å². The number of nitrogens with one attached hydrogen (secondary N) is 1. The second-order valence-electron chi connectivity index (χ2n) is 6.23. The summed E-state index contributed by atoms with van der Waals surface area (Å²) in [7, 11) is 3.14. The maximum Gasteiger partial charge on any atom is 0.193 e. The van der Waals surface area contributed by atoms with Gasteiger partial charge < -0.3 is 20.5 Å². The number of nitrogens with two attached hydrogens (primary N) is 1. The minimum Gasteiger partial charge on any atom is -0.497 e. The first-order valence-corrected chi connectivity index (χ1v) is 8.26. The number of nitrogens with zero attached hydrogens (tertiary/aromatic N) is 1. The van der Waals surface area contributed by atoms with Crippen LogP contribution >= 0.6 is 24.0 Å². The van der Waals surface area contributed by atoms with Gasteiger partial charge in [0.1, 0.15) is 23.1 Å². The van der Waals surface area contributed by atoms with Crippen molar-refractivity contribution >= 4 is 35.6 Å². The lowest BCUT2D eigenvalue weighted by Gasteiger charge is -2.33. The van der Waals surface area contributed by atoms with E-state index in [0.29, 0.717) is 35.6 Å². The lowest BCUT2D eigenvalue weighted by Crippen LogP contribution is -2.31. The molecule has 1 aliphatic rings. The monoisotopic (exact) mass is 489 g/mol. The van der Waals surface area contributed by atoms with E-state index in [1.54, 1.807) is 32.4 Å². The summed E-state index contributed by atoms with van der Waals surface area (Å²) >= 11 is 0. The van der Waals surface area contributed by atoms with E-state index in [4.69, 9.17) is 15.2 Å². The summed E-state index contributed by atoms with van der Waals surface area (Å²) in [6.07, 6.45) is 1.39. The molecule has 1 aliphatic carbocycles. The van der Waals surface area contributed by atoms with Gasteiger partial charge in [-0.2, -0.15) is 0 Å². The van der Waals surface area contributed by atoms with Crippen LogP contribution in [-0.2, 0) is 0 Å². The van der Waals surface area contributed by atoms with Crippen LogP contribution in [0, 0.1) is 11.6 Å². The Morgan fingerprint density at radius 2 is 1.74 bits per heavy atom. The standard InChI is InChI=1S/C19H21F2N3O2.HI/c1-25-16-3-4-18(26-2)17(10-16)24-19(22)23-15-7-12(8-15)11-5-13(20)9-14(21)6-11;/h3-6,9-10,12,15H,7-8H2,1-2H3,(H3,22,23,24);1H. The van der Waals surface area contributed by atoms with Crippen molar-refractivity contribution in [2.45, 2.75) is 24.8 Å². The molecular weight excluding hydrogens is 467 g/mol. The molecule has 3 rings (SSSR count). The first-order valence-electron chi connectivity index (χ1n) is 8.26. The van der Waals surface area contributed by atoms with Crippen LogP contribution in [0.15, 0.2) is 41.4 Å². The molecule has 2 aromatic carbocycles. The van der Waals surface area contributed by atoms with Crippen LogP contribution < -0.4 is 20.5 Å². The van der Waals surface area contributed by atoms with E-state index in [1.165, 1.54) is 12.1 Å². The quantitative estimate of drug-likeness (QED) is 0.374. The third-order valence-electron chi connectivity index (χ3n) is 4.46. The summed E-state index contributed by atoms with van der Waals surface area (Å²) in [5.41, 5.74) is 7.30. The van der Waals surface area contributed by atoms with Gasteiger partial charge in [0, 0.05) is 12.1 Å². The number of guanidine groups is 1. The number of anilines is 1. The van der Waals surface area contributed by atoms with Crippen molar-refractivity contribution in [1.82, 2.24) is 0 Å². The van der Waals surface area contributed by atoms with Gasteiger partial charge in [-0.05, 0) is 48.6 Å². The van der Waals surface area contributed by atoms with Crippen LogP contribution in [0.5, 0.6) is 11.5 Å². The summed E-state index contributed by atoms with van der Waals surface area (Å²) in [6, 6.07) is 8.95. The summed E-state index contributed by atoms with van der Waals surface area (Å²) in [5.74, 6) is 0.513. The van der Waals surface area contributed by atoms with E-state index >= 15 is 0 Å². The number of ether oxygens (including phenoxy) is 2. The zero-order valence-electron chi connectivity index (χ0n) is 15.0. The van der Waals surface area contributed by atoms with Crippen molar-refractivity contribution < 1.29 is 18.3 Å². The van der Waals surface area contributed by atoms with Gasteiger partial charge in [-0.25, -0.2) is 13.8 Å². The number of rotatable bonds is 5. The van der Waals surface area contributed by atoms with Gasteiger partial charge in [-0.15, -0.1) is 24.0 Å². The second-order valence-corrected chi connectivity index (χ2v) is 6.23. The molecule has 1 saturated carbocycles. The highest BCUT2D eigenvalue weighted by atomic mass is 127. The fourth-order valence-corrected chi connectivity index (χ4v) is 3.05. The Morgan fingerprint density at radius 1 is 1.07 bits per heavy atom. The molecule has 0 heterocycles. The van der Waals surface area contributed by atoms with Crippen molar-refractivity contribution in [3.8, 4) is 11.5 Å². The van der Waals surface area contributed by atoms with E-state index in [0.717, 1.165) is 6.07 Å². The lowest BCUT2D eigenvalue weighted by atomic mass is 9.76. The third kappa shape index (κ3) is 5.21. The molecule has 0 unspecified atom stereocenters. The van der Waals surface area contributed by atoms with Crippen LogP contribution in [0.2, 0.25) is 0 Å². The number of hydrogen-bond acceptors (Lipinski definition) is 3. The molecule has 5 nitrogen and oxygen atoms in total. The van der Waals surface area contributed by atoms with Gasteiger partial charge in [-0.3, -0.25) is 0 Å². The Balaban J connectivity index is 0.00000261. The van der Waals surface area contributed by atoms with Crippen LogP contribution in [0.25, 0.3) is 0 Å². The highest BCUT2D eigenvalue weighted by Crippen LogP contribution is 2.39. The van der Waals surface area contributed by atoms with Gasteiger partial charge in [0.15, 0.2) is 5.96 Å². The van der Waals surface area contributed by atoms with E-state index in [2.05, 4.69) is 10.3 Å². The van der Waals surface area contributed by atoms with Crippen molar-refractivity contribution in [2.24, 2.45) is 10.7 Å². The average molecular weight is 489 g/mol. The highest BCUT2D eigenvalue weighted by molar-refractivity contribution is 14.0. The maximum absolute atomic E-state index is 13.3. The SMILES string of the molecule is COc1ccc(OC)c(NC(N)=NC2CC(c3cc(F)cc(F)c3)C2)c1.I. The fraction of sp³-hybridized carbons (Fsp3) is 0.316. The normalized spacial score (nSPS) is 18.9. The van der Waals surface area contributed by atoms with Gasteiger partial charge in [-0.1, -0.05) is 0 Å². The van der Waals surface area contributed by atoms with Crippen LogP contribution in [0.1, 0.15) is 24.3 Å². The first kappa shape index (κ1) is 21.2. The average Bonchev–Trinajstić information content (AvgIpc) is 2.56. The molecular formula is C19H22F2IN3O2. The second kappa shape index (κ2) is 9.20. The number of methoxy groups -OCH3 is 2. The molecule has 1 fully saturated rings. The lowest BCUT2D eigenvalue weighted by molar-refractivity contribution is 0.351. The smallest absolute Gasteiger partial charge is 0.193 e. The summed E-state index contributed by atoms with van der Waals surface area (Å²) in [6.45, 7) is 0. The molecule has 0 atom stereocenters. The minimum atomic E-state index is -0.557. The number of halogens is 3. The maximum atomic E-state index is 13.3. The highest BCUT2D eigenvalue weighted by Gasteiger charge is 2.31. The van der Waals surface area contributed by atoms with Crippen molar-refractivity contribution in [3.05, 3.63) is 53.6 Å². The molecule has 0 aliphatic heterocycles. The van der Waals surface area contributed by atoms with Gasteiger partial charge in [0.05, 0.1) is 25.9 Å². The molecule has 0 radical (unpaired) electrons. The zero-order chi connectivity index (χ0) is 18.7. The predicted octanol–water partition coefficient (Wildman–Crippen LogP) is 4.27.